The molecule has 1 aliphatic rings. The quantitative estimate of drug-likeness (QED) is 0.186. The molecule has 1 N–H and O–H groups in total. The van der Waals surface area contributed by atoms with Crippen LogP contribution < -0.4 is 14.8 Å². The molecule has 0 atom stereocenters. The minimum atomic E-state index is -0.115. The molecule has 1 amide bonds. The molecule has 6 aromatic rings. The van der Waals surface area contributed by atoms with E-state index in [0.717, 1.165) is 60.4 Å². The second-order valence-electron chi connectivity index (χ2n) is 10.5. The van der Waals surface area contributed by atoms with Crippen molar-refractivity contribution in [1.82, 2.24) is 15.0 Å². The third-order valence-corrected chi connectivity index (χ3v) is 9.70. The van der Waals surface area contributed by atoms with Gasteiger partial charge in [-0.3, -0.25) is 9.78 Å². The van der Waals surface area contributed by atoms with E-state index in [-0.39, 0.29) is 12.3 Å². The molecule has 1 aliphatic carbocycles. The van der Waals surface area contributed by atoms with Gasteiger partial charge in [-0.15, -0.1) is 22.7 Å². The number of amides is 1. The van der Waals surface area contributed by atoms with Crippen LogP contribution in [0.2, 0.25) is 0 Å². The molecule has 9 heteroatoms. The van der Waals surface area contributed by atoms with Crippen molar-refractivity contribution in [3.63, 3.8) is 0 Å². The van der Waals surface area contributed by atoms with Gasteiger partial charge < -0.3 is 14.8 Å². The van der Waals surface area contributed by atoms with Crippen LogP contribution in [0, 0.1) is 6.92 Å². The van der Waals surface area contributed by atoms with Crippen molar-refractivity contribution in [2.24, 2.45) is 0 Å². The van der Waals surface area contributed by atoms with Crippen LogP contribution in [0.1, 0.15) is 20.9 Å². The Kier molecular flexibility index (Phi) is 7.41. The molecule has 0 bridgehead atoms. The number of nitrogens with one attached hydrogen (secondary N) is 1. The third kappa shape index (κ3) is 5.36. The molecule has 0 unspecified atom stereocenters. The SMILES string of the molecule is COc1ccc(-c2ccc3c(c2)Cc2sc(NC(=O)Cc4sc(-c5cccnc5)nc4-c4ccc(C)cc4)nc2-3)cc1OC. The normalized spacial score (nSPS) is 11.6. The van der Waals surface area contributed by atoms with Crippen LogP contribution in [0.4, 0.5) is 5.13 Å². The number of carbonyl (C=O) groups is 1. The highest BCUT2D eigenvalue weighted by atomic mass is 32.1. The molecule has 0 radical (unpaired) electrons. The first-order valence-corrected chi connectivity index (χ1v) is 15.7. The van der Waals surface area contributed by atoms with Gasteiger partial charge in [0.2, 0.25) is 5.91 Å². The Hall–Kier alpha value is -4.86. The van der Waals surface area contributed by atoms with E-state index in [1.54, 1.807) is 26.6 Å². The van der Waals surface area contributed by atoms with Crippen LogP contribution in [-0.4, -0.2) is 35.1 Å². The molecule has 7 nitrogen and oxygen atoms in total. The molecule has 3 heterocycles. The average molecular weight is 617 g/mol. The fourth-order valence-electron chi connectivity index (χ4n) is 5.41. The number of ether oxygens (including phenoxy) is 2. The maximum absolute atomic E-state index is 13.3. The summed E-state index contributed by atoms with van der Waals surface area (Å²) in [4.78, 5) is 29.4. The first kappa shape index (κ1) is 27.9. The van der Waals surface area contributed by atoms with Crippen LogP contribution in [0.3, 0.4) is 0 Å². The van der Waals surface area contributed by atoms with E-state index in [1.165, 1.54) is 33.8 Å². The Balaban J connectivity index is 1.11. The predicted octanol–water partition coefficient (Wildman–Crippen LogP) is 8.07. The van der Waals surface area contributed by atoms with Gasteiger partial charge in [-0.25, -0.2) is 9.97 Å². The van der Waals surface area contributed by atoms with Gasteiger partial charge in [-0.2, -0.15) is 0 Å². The van der Waals surface area contributed by atoms with Gasteiger partial charge in [-0.1, -0.05) is 54.1 Å². The fraction of sp³-hybridized carbons (Fsp3) is 0.143. The van der Waals surface area contributed by atoms with E-state index in [2.05, 4.69) is 59.7 Å². The molecule has 7 rings (SSSR count). The number of aryl methyl sites for hydroxylation is 1. The van der Waals surface area contributed by atoms with Crippen LogP contribution in [-0.2, 0) is 17.6 Å². The Bertz CT molecular complexity index is 2000. The molecule has 44 heavy (non-hydrogen) atoms. The van der Waals surface area contributed by atoms with E-state index >= 15 is 0 Å². The summed E-state index contributed by atoms with van der Waals surface area (Å²) < 4.78 is 10.9. The number of nitrogens with zero attached hydrogens (tertiary/aromatic N) is 3. The van der Waals surface area contributed by atoms with Gasteiger partial charge in [0.25, 0.3) is 0 Å². The van der Waals surface area contributed by atoms with Gasteiger partial charge in [0.1, 0.15) is 5.01 Å². The third-order valence-electron chi connectivity index (χ3n) is 7.62. The highest BCUT2D eigenvalue weighted by Crippen LogP contribution is 2.43. The maximum atomic E-state index is 13.3. The van der Waals surface area contributed by atoms with E-state index in [4.69, 9.17) is 19.4 Å². The second-order valence-corrected chi connectivity index (χ2v) is 12.7. The van der Waals surface area contributed by atoms with Crippen LogP contribution in [0.15, 0.2) is 85.2 Å². The van der Waals surface area contributed by atoms with Gasteiger partial charge in [0, 0.05) is 45.3 Å². The number of anilines is 1. The Morgan fingerprint density at radius 3 is 2.39 bits per heavy atom. The number of carbonyl (C=O) groups excluding carboxylic acids is 1. The minimum Gasteiger partial charge on any atom is -0.493 e. The van der Waals surface area contributed by atoms with Crippen LogP contribution in [0.25, 0.3) is 44.2 Å². The van der Waals surface area contributed by atoms with Crippen molar-refractivity contribution in [3.05, 3.63) is 106 Å². The summed E-state index contributed by atoms with van der Waals surface area (Å²) in [6.45, 7) is 2.06. The number of benzene rings is 3. The van der Waals surface area contributed by atoms with E-state index in [1.807, 2.05) is 30.3 Å². The van der Waals surface area contributed by atoms with E-state index in [9.17, 15) is 4.79 Å². The summed E-state index contributed by atoms with van der Waals surface area (Å²) in [6, 6.07) is 24.5. The molecule has 0 aliphatic heterocycles. The Labute approximate surface area is 263 Å². The van der Waals surface area contributed by atoms with Crippen LogP contribution >= 0.6 is 22.7 Å². The van der Waals surface area contributed by atoms with Gasteiger partial charge >= 0.3 is 0 Å². The first-order chi connectivity index (χ1) is 21.5. The highest BCUT2D eigenvalue weighted by Gasteiger charge is 2.25. The monoisotopic (exact) mass is 616 g/mol. The van der Waals surface area contributed by atoms with Crippen molar-refractivity contribution in [2.75, 3.05) is 19.5 Å². The molecule has 3 aromatic heterocycles. The molecular formula is C35H28N4O3S2. The molecule has 3 aromatic carbocycles. The largest absolute Gasteiger partial charge is 0.493 e. The predicted molar refractivity (Wildman–Crippen MR) is 177 cm³/mol. The molecule has 218 valence electrons. The van der Waals surface area contributed by atoms with E-state index in [0.29, 0.717) is 16.6 Å². The molecule has 0 fully saturated rings. The average Bonchev–Trinajstić information content (AvgIpc) is 3.74. The first-order valence-electron chi connectivity index (χ1n) is 14.1. The van der Waals surface area contributed by atoms with Crippen molar-refractivity contribution < 1.29 is 14.3 Å². The number of rotatable bonds is 8. The summed E-state index contributed by atoms with van der Waals surface area (Å²) in [5.74, 6) is 1.29. The number of methoxy groups -OCH3 is 2. The van der Waals surface area contributed by atoms with Crippen molar-refractivity contribution in [1.29, 1.82) is 0 Å². The van der Waals surface area contributed by atoms with Gasteiger partial charge in [0.15, 0.2) is 16.6 Å². The summed E-state index contributed by atoms with van der Waals surface area (Å²) >= 11 is 3.06. The zero-order valence-corrected chi connectivity index (χ0v) is 26.0. The number of aromatic nitrogens is 3. The zero-order valence-electron chi connectivity index (χ0n) is 24.4. The summed E-state index contributed by atoms with van der Waals surface area (Å²) in [5.41, 5.74) is 9.34. The lowest BCUT2D eigenvalue weighted by Crippen LogP contribution is -2.14. The second kappa shape index (κ2) is 11.7. The fourth-order valence-corrected chi connectivity index (χ4v) is 7.49. The molecule has 0 saturated carbocycles. The number of hydrogen-bond acceptors (Lipinski definition) is 8. The standard InChI is InChI=1S/C35H28N4O3S2/c1-20-6-8-21(9-7-20)32-30(43-34(38-32)24-5-4-14-36-19-24)18-31(40)37-35-39-33-26-12-10-22(15-25(26)17-29(33)44-35)23-11-13-27(41-2)28(16-23)42-3/h4-16,19H,17-18H2,1-3H3,(H,37,39,40). The molecular weight excluding hydrogens is 589 g/mol. The van der Waals surface area contributed by atoms with Crippen molar-refractivity contribution in [2.45, 2.75) is 19.8 Å². The summed E-state index contributed by atoms with van der Waals surface area (Å²) in [5, 5.41) is 4.51. The van der Waals surface area contributed by atoms with Crippen molar-refractivity contribution in [3.8, 4) is 55.7 Å². The molecule has 0 spiro atoms. The maximum Gasteiger partial charge on any atom is 0.231 e. The lowest BCUT2D eigenvalue weighted by molar-refractivity contribution is -0.115. The lowest BCUT2D eigenvalue weighted by atomic mass is 10.00. The van der Waals surface area contributed by atoms with Gasteiger partial charge in [0.05, 0.1) is 32.0 Å². The van der Waals surface area contributed by atoms with E-state index < -0.39 is 0 Å². The van der Waals surface area contributed by atoms with Crippen LogP contribution in [0.5, 0.6) is 11.5 Å². The molecule has 0 saturated heterocycles. The van der Waals surface area contributed by atoms with Gasteiger partial charge in [-0.05, 0) is 47.9 Å². The number of fused-ring (bicyclic) bond motifs is 3. The summed E-state index contributed by atoms with van der Waals surface area (Å²) in [7, 11) is 3.28. The van der Waals surface area contributed by atoms with Crippen molar-refractivity contribution >= 4 is 33.7 Å². The Morgan fingerprint density at radius 2 is 1.61 bits per heavy atom. The Morgan fingerprint density at radius 1 is 0.841 bits per heavy atom. The number of hydrogen-bond donors (Lipinski definition) is 1. The smallest absolute Gasteiger partial charge is 0.231 e. The highest BCUT2D eigenvalue weighted by molar-refractivity contribution is 7.16. The lowest BCUT2D eigenvalue weighted by Gasteiger charge is -2.11. The minimum absolute atomic E-state index is 0.115. The number of thiazole rings is 2. The summed E-state index contributed by atoms with van der Waals surface area (Å²) in [6.07, 6.45) is 4.53. The topological polar surface area (TPSA) is 86.2 Å². The zero-order chi connectivity index (χ0) is 30.2. The number of pyridine rings is 1.